The second-order valence-electron chi connectivity index (χ2n) is 3.75. The number of carbonyl (C=O) groups is 1. The van der Waals surface area contributed by atoms with Crippen LogP contribution in [0.25, 0.3) is 0 Å². The van der Waals surface area contributed by atoms with Gasteiger partial charge in [0.05, 0.1) is 5.56 Å². The Hall–Kier alpha value is -0.870. The van der Waals surface area contributed by atoms with Crippen LogP contribution in [0.3, 0.4) is 0 Å². The first-order valence-corrected chi connectivity index (χ1v) is 5.63. The van der Waals surface area contributed by atoms with Gasteiger partial charge in [-0.15, -0.1) is 0 Å². The van der Waals surface area contributed by atoms with E-state index in [0.29, 0.717) is 12.5 Å². The number of amides is 1. The van der Waals surface area contributed by atoms with Gasteiger partial charge in [0.1, 0.15) is 5.15 Å². The molecule has 2 rings (SSSR count). The van der Waals surface area contributed by atoms with Crippen LogP contribution in [0.5, 0.6) is 0 Å². The van der Waals surface area contributed by atoms with Gasteiger partial charge in [0.2, 0.25) is 0 Å². The van der Waals surface area contributed by atoms with Crippen LogP contribution in [0.15, 0.2) is 6.07 Å². The van der Waals surface area contributed by atoms with Gasteiger partial charge in [0.15, 0.2) is 11.0 Å². The third-order valence-corrected chi connectivity index (χ3v) is 2.93. The molecule has 1 aromatic rings. The van der Waals surface area contributed by atoms with Crippen molar-refractivity contribution in [3.8, 4) is 0 Å². The van der Waals surface area contributed by atoms with Crippen LogP contribution < -0.4 is 5.32 Å². The van der Waals surface area contributed by atoms with Crippen molar-refractivity contribution in [2.45, 2.75) is 12.8 Å². The van der Waals surface area contributed by atoms with Crippen LogP contribution in [0, 0.1) is 11.7 Å². The molecule has 1 fully saturated rings. The smallest absolute Gasteiger partial charge is 0.254 e. The van der Waals surface area contributed by atoms with Crippen LogP contribution >= 0.6 is 23.2 Å². The Kier molecular flexibility index (Phi) is 3.30. The van der Waals surface area contributed by atoms with Gasteiger partial charge in [-0.25, -0.2) is 9.37 Å². The highest BCUT2D eigenvalue weighted by Gasteiger charge is 2.23. The fourth-order valence-corrected chi connectivity index (χ4v) is 1.67. The van der Waals surface area contributed by atoms with E-state index in [9.17, 15) is 9.18 Å². The molecule has 1 heterocycles. The monoisotopic (exact) mass is 262 g/mol. The summed E-state index contributed by atoms with van der Waals surface area (Å²) in [7, 11) is 0. The molecule has 1 aromatic heterocycles. The normalized spacial score (nSPS) is 14.9. The number of carbonyl (C=O) groups excluding carboxylic acids is 1. The zero-order valence-corrected chi connectivity index (χ0v) is 9.78. The number of nitrogens with one attached hydrogen (secondary N) is 1. The maximum atomic E-state index is 13.1. The predicted molar refractivity (Wildman–Crippen MR) is 59.3 cm³/mol. The summed E-state index contributed by atoms with van der Waals surface area (Å²) in [4.78, 5) is 15.1. The highest BCUT2D eigenvalue weighted by Crippen LogP contribution is 2.28. The van der Waals surface area contributed by atoms with E-state index in [0.717, 1.165) is 18.9 Å². The van der Waals surface area contributed by atoms with E-state index < -0.39 is 11.7 Å². The van der Waals surface area contributed by atoms with Crippen molar-refractivity contribution in [1.29, 1.82) is 0 Å². The third-order valence-electron chi connectivity index (χ3n) is 2.38. The topological polar surface area (TPSA) is 42.0 Å². The fourth-order valence-electron chi connectivity index (χ4n) is 1.26. The van der Waals surface area contributed by atoms with Gasteiger partial charge in [-0.1, -0.05) is 23.2 Å². The summed E-state index contributed by atoms with van der Waals surface area (Å²) in [5.74, 6) is -0.615. The van der Waals surface area contributed by atoms with Gasteiger partial charge in [-0.2, -0.15) is 0 Å². The number of halogens is 3. The predicted octanol–water partition coefficient (Wildman–Crippen LogP) is 2.67. The Morgan fingerprint density at radius 3 is 2.81 bits per heavy atom. The standard InChI is InChI=1S/C10H9Cl2FN2O/c11-8-6(3-7(13)9(12)15-8)10(16)14-4-5-1-2-5/h3,5H,1-2,4H2,(H,14,16). The van der Waals surface area contributed by atoms with Crippen molar-refractivity contribution in [2.24, 2.45) is 5.92 Å². The first kappa shape index (κ1) is 11.6. The number of aromatic nitrogens is 1. The van der Waals surface area contributed by atoms with Crippen molar-refractivity contribution < 1.29 is 9.18 Å². The van der Waals surface area contributed by atoms with E-state index in [1.54, 1.807) is 0 Å². The summed E-state index contributed by atoms with van der Waals surface area (Å²) in [6.07, 6.45) is 2.25. The molecular weight excluding hydrogens is 254 g/mol. The maximum absolute atomic E-state index is 13.1. The second-order valence-corrected chi connectivity index (χ2v) is 4.47. The fraction of sp³-hybridized carbons (Fsp3) is 0.400. The largest absolute Gasteiger partial charge is 0.352 e. The quantitative estimate of drug-likeness (QED) is 0.852. The molecule has 16 heavy (non-hydrogen) atoms. The average Bonchev–Trinajstić information content (AvgIpc) is 3.03. The van der Waals surface area contributed by atoms with Crippen molar-refractivity contribution in [1.82, 2.24) is 10.3 Å². The van der Waals surface area contributed by atoms with E-state index in [4.69, 9.17) is 23.2 Å². The van der Waals surface area contributed by atoms with Crippen LogP contribution in [0.2, 0.25) is 10.3 Å². The molecule has 86 valence electrons. The van der Waals surface area contributed by atoms with Gasteiger partial charge in [0.25, 0.3) is 5.91 Å². The minimum Gasteiger partial charge on any atom is -0.352 e. The Balaban J connectivity index is 2.11. The van der Waals surface area contributed by atoms with Crippen LogP contribution in [-0.2, 0) is 0 Å². The SMILES string of the molecule is O=C(NCC1CC1)c1cc(F)c(Cl)nc1Cl. The minimum absolute atomic E-state index is 0.0178. The molecule has 1 aliphatic rings. The molecule has 0 spiro atoms. The average molecular weight is 263 g/mol. The molecule has 6 heteroatoms. The Labute approximate surface area is 102 Å². The van der Waals surface area contributed by atoms with E-state index in [1.807, 2.05) is 0 Å². The van der Waals surface area contributed by atoms with E-state index in [1.165, 1.54) is 0 Å². The third kappa shape index (κ3) is 2.62. The molecule has 1 saturated carbocycles. The van der Waals surface area contributed by atoms with Crippen molar-refractivity contribution in [3.63, 3.8) is 0 Å². The van der Waals surface area contributed by atoms with Crippen LogP contribution in [-0.4, -0.2) is 17.4 Å². The first-order chi connectivity index (χ1) is 7.58. The lowest BCUT2D eigenvalue weighted by Gasteiger charge is -2.06. The summed E-state index contributed by atoms with van der Waals surface area (Å²) >= 11 is 11.1. The molecule has 0 radical (unpaired) electrons. The Bertz CT molecular complexity index is 435. The Morgan fingerprint density at radius 1 is 1.50 bits per heavy atom. The summed E-state index contributed by atoms with van der Waals surface area (Å²) < 4.78 is 13.1. The second kappa shape index (κ2) is 4.55. The zero-order valence-electron chi connectivity index (χ0n) is 8.27. The number of hydrogen-bond acceptors (Lipinski definition) is 2. The van der Waals surface area contributed by atoms with E-state index in [2.05, 4.69) is 10.3 Å². The number of pyridine rings is 1. The van der Waals surface area contributed by atoms with E-state index >= 15 is 0 Å². The van der Waals surface area contributed by atoms with Gasteiger partial charge >= 0.3 is 0 Å². The number of nitrogens with zero attached hydrogens (tertiary/aromatic N) is 1. The van der Waals surface area contributed by atoms with Crippen molar-refractivity contribution in [2.75, 3.05) is 6.54 Å². The van der Waals surface area contributed by atoms with Crippen LogP contribution in [0.4, 0.5) is 4.39 Å². The molecule has 0 bridgehead atoms. The molecule has 1 aliphatic carbocycles. The lowest BCUT2D eigenvalue weighted by molar-refractivity contribution is 0.0951. The highest BCUT2D eigenvalue weighted by molar-refractivity contribution is 6.34. The highest BCUT2D eigenvalue weighted by atomic mass is 35.5. The number of rotatable bonds is 3. The van der Waals surface area contributed by atoms with Gasteiger partial charge in [-0.05, 0) is 24.8 Å². The molecule has 3 nitrogen and oxygen atoms in total. The number of hydrogen-bond donors (Lipinski definition) is 1. The summed E-state index contributed by atoms with van der Waals surface area (Å²) in [6, 6.07) is 1.000. The minimum atomic E-state index is -0.748. The lowest BCUT2D eigenvalue weighted by Crippen LogP contribution is -2.26. The van der Waals surface area contributed by atoms with Gasteiger partial charge < -0.3 is 5.32 Å². The molecule has 0 saturated heterocycles. The summed E-state index contributed by atoms with van der Waals surface area (Å²) in [5, 5.41) is 2.26. The molecular formula is C10H9Cl2FN2O. The summed E-state index contributed by atoms with van der Waals surface area (Å²) in [5.41, 5.74) is 0.0178. The first-order valence-electron chi connectivity index (χ1n) is 4.87. The maximum Gasteiger partial charge on any atom is 0.254 e. The van der Waals surface area contributed by atoms with Gasteiger partial charge in [-0.3, -0.25) is 4.79 Å². The van der Waals surface area contributed by atoms with Crippen molar-refractivity contribution in [3.05, 3.63) is 27.8 Å². The Morgan fingerprint density at radius 2 is 2.19 bits per heavy atom. The molecule has 0 aliphatic heterocycles. The molecule has 0 atom stereocenters. The molecule has 1 N–H and O–H groups in total. The molecule has 1 amide bonds. The van der Waals surface area contributed by atoms with E-state index in [-0.39, 0.29) is 15.9 Å². The van der Waals surface area contributed by atoms with Crippen LogP contribution in [0.1, 0.15) is 23.2 Å². The van der Waals surface area contributed by atoms with Gasteiger partial charge in [0, 0.05) is 6.54 Å². The lowest BCUT2D eigenvalue weighted by atomic mass is 10.2. The zero-order chi connectivity index (χ0) is 11.7. The summed E-state index contributed by atoms with van der Waals surface area (Å²) in [6.45, 7) is 0.597. The molecule has 0 unspecified atom stereocenters. The molecule has 0 aromatic carbocycles. The van der Waals surface area contributed by atoms with Crippen molar-refractivity contribution >= 4 is 29.1 Å².